The van der Waals surface area contributed by atoms with Crippen molar-refractivity contribution in [1.29, 1.82) is 0 Å². The van der Waals surface area contributed by atoms with Crippen molar-refractivity contribution in [2.24, 2.45) is 0 Å². The first-order chi connectivity index (χ1) is 8.40. The summed E-state index contributed by atoms with van der Waals surface area (Å²) < 4.78 is 0. The Labute approximate surface area is 115 Å². The van der Waals surface area contributed by atoms with E-state index in [-0.39, 0.29) is 0 Å². The van der Waals surface area contributed by atoms with Gasteiger partial charge >= 0.3 is 12.0 Å². The van der Waals surface area contributed by atoms with Crippen molar-refractivity contribution < 1.29 is 14.7 Å². The van der Waals surface area contributed by atoms with E-state index >= 15 is 0 Å². The molecule has 0 aliphatic rings. The highest BCUT2D eigenvalue weighted by molar-refractivity contribution is 7.81. The summed E-state index contributed by atoms with van der Waals surface area (Å²) in [5.74, 6) is -1.14. The molecule has 3 N–H and O–H groups in total. The van der Waals surface area contributed by atoms with Gasteiger partial charge in [0, 0.05) is 16.0 Å². The third-order valence-electron chi connectivity index (χ3n) is 2.14. The maximum Gasteiger partial charge on any atom is 0.327 e. The topological polar surface area (TPSA) is 78.4 Å². The number of rotatable bonds is 4. The van der Waals surface area contributed by atoms with E-state index in [4.69, 9.17) is 16.7 Å². The van der Waals surface area contributed by atoms with Crippen molar-refractivity contribution >= 4 is 41.9 Å². The van der Waals surface area contributed by atoms with Gasteiger partial charge in [-0.15, -0.1) is 0 Å². The highest BCUT2D eigenvalue weighted by Crippen LogP contribution is 2.13. The smallest absolute Gasteiger partial charge is 0.327 e. The summed E-state index contributed by atoms with van der Waals surface area (Å²) >= 11 is 9.71. The van der Waals surface area contributed by atoms with E-state index in [0.717, 1.165) is 0 Å². The molecular formula is C11H13ClN2O3S. The van der Waals surface area contributed by atoms with Gasteiger partial charge in [0.25, 0.3) is 0 Å². The summed E-state index contributed by atoms with van der Waals surface area (Å²) in [5, 5.41) is 13.8. The summed E-state index contributed by atoms with van der Waals surface area (Å²) in [6.07, 6.45) is 0. The number of carbonyl (C=O) groups is 2. The Morgan fingerprint density at radius 1 is 1.33 bits per heavy atom. The summed E-state index contributed by atoms with van der Waals surface area (Å²) in [4.78, 5) is 22.4. The normalized spacial score (nSPS) is 13.5. The number of amides is 2. The molecule has 1 rings (SSSR count). The predicted octanol–water partition coefficient (Wildman–Crippen LogP) is 2.23. The van der Waals surface area contributed by atoms with Crippen LogP contribution >= 0.6 is 24.2 Å². The van der Waals surface area contributed by atoms with Crippen molar-refractivity contribution in [3.8, 4) is 0 Å². The lowest BCUT2D eigenvalue weighted by atomic mass is 10.2. The molecule has 2 amide bonds. The van der Waals surface area contributed by atoms with Gasteiger partial charge < -0.3 is 15.7 Å². The number of hydrogen-bond acceptors (Lipinski definition) is 3. The van der Waals surface area contributed by atoms with Gasteiger partial charge in [-0.3, -0.25) is 0 Å². The first-order valence-corrected chi connectivity index (χ1v) is 6.03. The van der Waals surface area contributed by atoms with Crippen LogP contribution in [0.2, 0.25) is 5.02 Å². The first kappa shape index (κ1) is 14.7. The molecule has 7 heteroatoms. The number of nitrogens with one attached hydrogen (secondary N) is 2. The van der Waals surface area contributed by atoms with Crippen LogP contribution in [-0.2, 0) is 4.79 Å². The monoisotopic (exact) mass is 288 g/mol. The van der Waals surface area contributed by atoms with Gasteiger partial charge in [0.05, 0.1) is 0 Å². The fourth-order valence-electron chi connectivity index (χ4n) is 1.23. The molecule has 0 saturated carbocycles. The van der Waals surface area contributed by atoms with Gasteiger partial charge in [-0.1, -0.05) is 18.5 Å². The molecule has 0 heterocycles. The molecule has 0 fully saturated rings. The molecule has 98 valence electrons. The minimum absolute atomic E-state index is 0.501. The summed E-state index contributed by atoms with van der Waals surface area (Å²) in [5.41, 5.74) is 0.521. The van der Waals surface area contributed by atoms with Crippen LogP contribution < -0.4 is 10.6 Å². The Bertz CT molecular complexity index is 436. The van der Waals surface area contributed by atoms with Crippen LogP contribution in [0.1, 0.15) is 6.92 Å². The number of benzene rings is 1. The van der Waals surface area contributed by atoms with Crippen molar-refractivity contribution in [3.05, 3.63) is 29.3 Å². The first-order valence-electron chi connectivity index (χ1n) is 5.14. The molecule has 5 nitrogen and oxygen atoms in total. The number of carboxylic acid groups (broad SMARTS) is 1. The van der Waals surface area contributed by atoms with Gasteiger partial charge in [0.2, 0.25) is 0 Å². The Morgan fingerprint density at radius 3 is 2.33 bits per heavy atom. The Morgan fingerprint density at radius 2 is 1.89 bits per heavy atom. The van der Waals surface area contributed by atoms with Gasteiger partial charge in [-0.25, -0.2) is 9.59 Å². The minimum atomic E-state index is -1.14. The average Bonchev–Trinajstić information content (AvgIpc) is 2.28. The second-order valence-electron chi connectivity index (χ2n) is 3.66. The molecule has 0 saturated heterocycles. The third-order valence-corrected chi connectivity index (χ3v) is 2.69. The van der Waals surface area contributed by atoms with E-state index in [1.807, 2.05) is 0 Å². The van der Waals surface area contributed by atoms with Crippen LogP contribution in [0.15, 0.2) is 24.3 Å². The predicted molar refractivity (Wildman–Crippen MR) is 73.5 cm³/mol. The maximum absolute atomic E-state index is 11.6. The molecule has 0 aromatic heterocycles. The van der Waals surface area contributed by atoms with E-state index in [1.165, 1.54) is 0 Å². The highest BCUT2D eigenvalue weighted by atomic mass is 35.5. The van der Waals surface area contributed by atoms with E-state index in [0.29, 0.717) is 10.7 Å². The quantitative estimate of drug-likeness (QED) is 0.642. The molecule has 0 aliphatic carbocycles. The van der Waals surface area contributed by atoms with Crippen molar-refractivity contribution in [2.45, 2.75) is 18.2 Å². The van der Waals surface area contributed by atoms with Crippen LogP contribution in [-0.4, -0.2) is 28.4 Å². The fraction of sp³-hybridized carbons (Fsp3) is 0.273. The molecule has 18 heavy (non-hydrogen) atoms. The van der Waals surface area contributed by atoms with Crippen LogP contribution in [0, 0.1) is 0 Å². The molecule has 0 spiro atoms. The number of carbonyl (C=O) groups excluding carboxylic acids is 1. The minimum Gasteiger partial charge on any atom is -0.480 e. The van der Waals surface area contributed by atoms with Crippen molar-refractivity contribution in [3.63, 3.8) is 0 Å². The molecule has 0 aliphatic heterocycles. The number of halogens is 1. The van der Waals surface area contributed by atoms with E-state index in [9.17, 15) is 9.59 Å². The number of aliphatic carboxylic acids is 1. The van der Waals surface area contributed by atoms with Crippen LogP contribution in [0.5, 0.6) is 0 Å². The number of anilines is 1. The lowest BCUT2D eigenvalue weighted by molar-refractivity contribution is -0.139. The van der Waals surface area contributed by atoms with Gasteiger partial charge in [-0.2, -0.15) is 12.6 Å². The van der Waals surface area contributed by atoms with E-state index in [2.05, 4.69) is 23.3 Å². The summed E-state index contributed by atoms with van der Waals surface area (Å²) in [6, 6.07) is 4.80. The molecule has 1 aromatic carbocycles. The zero-order valence-electron chi connectivity index (χ0n) is 9.55. The molecule has 2 unspecified atom stereocenters. The number of thiol groups is 1. The average molecular weight is 289 g/mol. The Kier molecular flexibility index (Phi) is 5.30. The summed E-state index contributed by atoms with van der Waals surface area (Å²) in [7, 11) is 0. The number of urea groups is 1. The highest BCUT2D eigenvalue weighted by Gasteiger charge is 2.23. The third kappa shape index (κ3) is 4.46. The molecule has 0 bridgehead atoms. The number of carboxylic acids is 1. The molecular weight excluding hydrogens is 276 g/mol. The van der Waals surface area contributed by atoms with Gasteiger partial charge in [-0.05, 0) is 24.3 Å². The van der Waals surface area contributed by atoms with E-state index < -0.39 is 23.3 Å². The zero-order chi connectivity index (χ0) is 13.7. The summed E-state index contributed by atoms with van der Waals surface area (Å²) in [6.45, 7) is 1.59. The van der Waals surface area contributed by atoms with Crippen molar-refractivity contribution in [2.75, 3.05) is 5.32 Å². The maximum atomic E-state index is 11.6. The second kappa shape index (κ2) is 6.51. The Balaban J connectivity index is 2.60. The lowest BCUT2D eigenvalue weighted by Crippen LogP contribution is -2.47. The van der Waals surface area contributed by atoms with Gasteiger partial charge in [0.15, 0.2) is 0 Å². The molecule has 1 aromatic rings. The Hall–Kier alpha value is -1.40. The lowest BCUT2D eigenvalue weighted by Gasteiger charge is -2.17. The standard InChI is InChI=1S/C11H13ClN2O3S/c1-6(18)9(10(15)16)14-11(17)13-8-4-2-7(12)3-5-8/h2-6,9,18H,1H3,(H,15,16)(H2,13,14,17). The largest absolute Gasteiger partial charge is 0.480 e. The van der Waals surface area contributed by atoms with Crippen LogP contribution in [0.3, 0.4) is 0 Å². The van der Waals surface area contributed by atoms with Crippen LogP contribution in [0.4, 0.5) is 10.5 Å². The molecule has 2 atom stereocenters. The number of hydrogen-bond donors (Lipinski definition) is 4. The van der Waals surface area contributed by atoms with Gasteiger partial charge in [0.1, 0.15) is 6.04 Å². The fourth-order valence-corrected chi connectivity index (χ4v) is 1.56. The second-order valence-corrected chi connectivity index (χ2v) is 4.91. The molecule has 0 radical (unpaired) electrons. The zero-order valence-corrected chi connectivity index (χ0v) is 11.2. The van der Waals surface area contributed by atoms with E-state index in [1.54, 1.807) is 31.2 Å². The SMILES string of the molecule is CC(S)C(NC(=O)Nc1ccc(Cl)cc1)C(=O)O. The van der Waals surface area contributed by atoms with Crippen LogP contribution in [0.25, 0.3) is 0 Å². The van der Waals surface area contributed by atoms with Crippen molar-refractivity contribution in [1.82, 2.24) is 5.32 Å².